The number of carbonyl (C=O) groups excluding carboxylic acids is 2. The Hall–Kier alpha value is -5.64. The molecule has 0 radical (unpaired) electrons. The van der Waals surface area contributed by atoms with Crippen molar-refractivity contribution in [2.24, 2.45) is 0 Å². The quantitative estimate of drug-likeness (QED) is 0.0549. The second-order valence-electron chi connectivity index (χ2n) is 14.9. The number of hydrogen-bond donors (Lipinski definition) is 0. The van der Waals surface area contributed by atoms with Crippen LogP contribution in [0.3, 0.4) is 0 Å². The van der Waals surface area contributed by atoms with Crippen molar-refractivity contribution < 1.29 is 19.1 Å². The maximum Gasteiger partial charge on any atom is 0.338 e. The Morgan fingerprint density at radius 1 is 0.463 bits per heavy atom. The summed E-state index contributed by atoms with van der Waals surface area (Å²) in [5.74, 6) is -0.567. The van der Waals surface area contributed by atoms with Gasteiger partial charge in [-0.05, 0) is 48.9 Å². The topological polar surface area (TPSA) is 52.6 Å². The average Bonchev–Trinajstić information content (AvgIpc) is 3.98. The summed E-state index contributed by atoms with van der Waals surface area (Å²) in [6.07, 6.45) is 0. The summed E-state index contributed by atoms with van der Waals surface area (Å²) in [5.41, 5.74) is 11.6. The summed E-state index contributed by atoms with van der Waals surface area (Å²) in [5, 5.41) is 2.59. The van der Waals surface area contributed by atoms with Gasteiger partial charge in [-0.25, -0.2) is 28.0 Å². The van der Waals surface area contributed by atoms with E-state index < -0.39 is 0 Å². The van der Waals surface area contributed by atoms with Crippen LogP contribution in [0.25, 0.3) is 10.8 Å². The van der Waals surface area contributed by atoms with E-state index in [9.17, 15) is 9.59 Å². The zero-order valence-corrected chi connectivity index (χ0v) is 30.5. The van der Waals surface area contributed by atoms with E-state index in [0.717, 1.165) is 44.5 Å². The number of benzene rings is 6. The van der Waals surface area contributed by atoms with Crippen LogP contribution in [-0.4, -0.2) is 25.2 Å². The fourth-order valence-electron chi connectivity index (χ4n) is 9.52. The van der Waals surface area contributed by atoms with Crippen molar-refractivity contribution in [1.82, 2.24) is 18.4 Å². The highest BCUT2D eigenvalue weighted by molar-refractivity contribution is 5.93. The zero-order valence-electron chi connectivity index (χ0n) is 30.5. The normalized spacial score (nSPS) is 24.9. The monoisotopic (exact) mass is 714 g/mol. The Kier molecular flexibility index (Phi) is 7.28. The Morgan fingerprint density at radius 2 is 0.833 bits per heavy atom. The summed E-state index contributed by atoms with van der Waals surface area (Å²) in [6.45, 7) is 12.6. The molecule has 8 nitrogen and oxygen atoms in total. The number of rotatable bonds is 12. The van der Waals surface area contributed by atoms with Crippen LogP contribution in [0.2, 0.25) is 0 Å². The standard InChI is InChI=1S/C46H42N4O4/c1-3-53-45(51)36-23-19-33(20-24-36)27-47-31-49(47,42-17-7-5-15-40(42)47)29-38-13-9-11-35-12-10-14-39(44(35)38)30-50-32-48(50,41-16-6-8-18-43(41)50)28-34-21-25-37(26-22-34)46(52)54-4-2/h5-26,31-32H,3-4,27-30H2,1-2H3/q+2. The van der Waals surface area contributed by atoms with Gasteiger partial charge < -0.3 is 9.47 Å². The molecule has 4 aliphatic rings. The first kappa shape index (κ1) is 33.0. The van der Waals surface area contributed by atoms with E-state index in [1.54, 1.807) is 0 Å². The predicted molar refractivity (Wildman–Crippen MR) is 212 cm³/mol. The van der Waals surface area contributed by atoms with Gasteiger partial charge in [-0.15, -0.1) is 0 Å². The number of para-hydroxylation sites is 4. The lowest BCUT2D eigenvalue weighted by atomic mass is 9.97. The minimum Gasteiger partial charge on any atom is -0.462 e. The smallest absolute Gasteiger partial charge is 0.338 e. The Morgan fingerprint density at radius 3 is 1.20 bits per heavy atom. The molecule has 2 fully saturated rings. The lowest BCUT2D eigenvalue weighted by molar-refractivity contribution is 0.0516. The van der Waals surface area contributed by atoms with Gasteiger partial charge in [0.2, 0.25) is 22.7 Å². The number of carbonyl (C=O) groups is 2. The van der Waals surface area contributed by atoms with Gasteiger partial charge in [0.25, 0.3) is 0 Å². The third-order valence-electron chi connectivity index (χ3n) is 12.0. The third-order valence-corrected chi connectivity index (χ3v) is 12.0. The van der Waals surface area contributed by atoms with Gasteiger partial charge in [-0.1, -0.05) is 84.9 Å². The lowest BCUT2D eigenvalue weighted by Gasteiger charge is -2.41. The van der Waals surface area contributed by atoms with Crippen LogP contribution in [0.4, 0.5) is 22.7 Å². The summed E-state index contributed by atoms with van der Waals surface area (Å²) in [6, 6.07) is 47.0. The van der Waals surface area contributed by atoms with Crippen molar-refractivity contribution in [3.05, 3.63) is 180 Å². The van der Waals surface area contributed by atoms with Gasteiger partial charge >= 0.3 is 11.9 Å². The molecule has 4 heterocycles. The number of nitrogens with zero attached hydrogens (tertiary/aromatic N) is 4. The molecule has 10 rings (SSSR count). The predicted octanol–water partition coefficient (Wildman–Crippen LogP) is 9.35. The molecule has 268 valence electrons. The van der Waals surface area contributed by atoms with Crippen molar-refractivity contribution in [3.63, 3.8) is 0 Å². The van der Waals surface area contributed by atoms with E-state index in [0.29, 0.717) is 24.3 Å². The highest BCUT2D eigenvalue weighted by Gasteiger charge is 2.76. The van der Waals surface area contributed by atoms with Gasteiger partial charge in [0.15, 0.2) is 13.3 Å². The van der Waals surface area contributed by atoms with E-state index in [1.807, 2.05) is 38.1 Å². The van der Waals surface area contributed by atoms with Crippen LogP contribution in [0.1, 0.15) is 56.8 Å². The summed E-state index contributed by atoms with van der Waals surface area (Å²) in [4.78, 5) is 24.7. The number of quaternary nitrogens is 4. The number of fused-ring (bicyclic) bond motifs is 9. The maximum absolute atomic E-state index is 12.3. The van der Waals surface area contributed by atoms with Crippen LogP contribution in [0, 0.1) is 13.3 Å². The van der Waals surface area contributed by atoms with Crippen molar-refractivity contribution >= 4 is 45.5 Å². The number of esters is 2. The van der Waals surface area contributed by atoms with Gasteiger partial charge in [0.1, 0.15) is 26.2 Å². The van der Waals surface area contributed by atoms with Gasteiger partial charge in [0, 0.05) is 46.5 Å². The highest BCUT2D eigenvalue weighted by Crippen LogP contribution is 2.70. The molecule has 0 saturated carbocycles. The summed E-state index contributed by atoms with van der Waals surface area (Å²) >= 11 is 0. The van der Waals surface area contributed by atoms with Gasteiger partial charge in [-0.2, -0.15) is 0 Å². The third kappa shape index (κ3) is 4.58. The van der Waals surface area contributed by atoms with Gasteiger partial charge in [-0.3, -0.25) is 0 Å². The van der Waals surface area contributed by atoms with E-state index in [2.05, 4.69) is 123 Å². The van der Waals surface area contributed by atoms with Crippen LogP contribution in [0.5, 0.6) is 0 Å². The van der Waals surface area contributed by atoms with E-state index in [4.69, 9.17) is 9.47 Å². The minimum atomic E-state index is -0.284. The average molecular weight is 715 g/mol. The minimum absolute atomic E-state index is 0.284. The van der Waals surface area contributed by atoms with Crippen LogP contribution in [-0.2, 0) is 35.7 Å². The molecular weight excluding hydrogens is 673 g/mol. The molecule has 0 aromatic heterocycles. The summed E-state index contributed by atoms with van der Waals surface area (Å²) < 4.78 is 13.5. The first-order valence-electron chi connectivity index (χ1n) is 18.8. The fourth-order valence-corrected chi connectivity index (χ4v) is 9.52. The van der Waals surface area contributed by atoms with Gasteiger partial charge in [0.05, 0.1) is 24.3 Å². The van der Waals surface area contributed by atoms with Crippen LogP contribution < -0.4 is 18.4 Å². The molecule has 0 bridgehead atoms. The zero-order chi connectivity index (χ0) is 36.7. The molecule has 4 unspecified atom stereocenters. The molecule has 0 spiro atoms. The molecular formula is C46H42N4O4+2. The SMILES string of the molecule is CCOC(=O)c1ccc(C[N+]23[CH-][N+]2(Cc2cccc4cccc(C[N+]56[CH-][N+]5(Cc5ccc(C(=O)OCC)cc5)c5ccccc56)c24)c2ccccc23)cc1. The van der Waals surface area contributed by atoms with E-state index in [-0.39, 0.29) is 11.9 Å². The molecule has 8 heteroatoms. The van der Waals surface area contributed by atoms with Crippen molar-refractivity contribution in [3.8, 4) is 0 Å². The molecule has 0 aliphatic carbocycles. The van der Waals surface area contributed by atoms with Crippen LogP contribution >= 0.6 is 0 Å². The second-order valence-corrected chi connectivity index (χ2v) is 14.9. The fraction of sp³-hybridized carbons (Fsp3) is 0.174. The molecule has 0 amide bonds. The van der Waals surface area contributed by atoms with Crippen molar-refractivity contribution in [2.45, 2.75) is 40.0 Å². The maximum atomic E-state index is 12.3. The molecule has 0 N–H and O–H groups in total. The second kappa shape index (κ2) is 11.9. The lowest BCUT2D eigenvalue weighted by Crippen LogP contribution is -2.52. The first-order chi connectivity index (χ1) is 26.4. The molecule has 2 saturated heterocycles. The summed E-state index contributed by atoms with van der Waals surface area (Å²) in [7, 11) is 0. The Balaban J connectivity index is 0.969. The molecule has 6 aromatic carbocycles. The Labute approximate surface area is 315 Å². The number of ether oxygens (including phenoxy) is 2. The Bertz CT molecular complexity index is 2330. The molecule has 54 heavy (non-hydrogen) atoms. The molecule has 4 atom stereocenters. The van der Waals surface area contributed by atoms with E-state index >= 15 is 0 Å². The molecule has 6 aromatic rings. The molecule has 4 aliphatic heterocycles. The largest absolute Gasteiger partial charge is 0.462 e. The number of hydrogen-bond acceptors (Lipinski definition) is 4. The van der Waals surface area contributed by atoms with Crippen LogP contribution in [0.15, 0.2) is 133 Å². The first-order valence-corrected chi connectivity index (χ1v) is 18.8. The van der Waals surface area contributed by atoms with Crippen molar-refractivity contribution in [2.75, 3.05) is 13.2 Å². The van der Waals surface area contributed by atoms with Crippen molar-refractivity contribution in [1.29, 1.82) is 0 Å². The highest BCUT2D eigenvalue weighted by atomic mass is 16.5. The van der Waals surface area contributed by atoms with E-state index in [1.165, 1.54) is 55.8 Å².